The zero-order valence-electron chi connectivity index (χ0n) is 14.4. The molecule has 2 heterocycles. The lowest BCUT2D eigenvalue weighted by Crippen LogP contribution is -2.26. The maximum Gasteiger partial charge on any atom is 0.414 e. The number of hydrogen-bond donors (Lipinski definition) is 0. The molecule has 0 bridgehead atoms. The standard InChI is InChI=1S/C20H20N2O4/c23-18-6-2-1-5-14-11-15(8-9-17(14)18)22-12-16(26-20(22)24)13-25-19-7-3-4-10-21-19/h3-4,7-11,16H,1-2,5-6,12-13H2/t16-/m1/s1. The molecule has 1 aromatic carbocycles. The molecule has 2 aromatic rings. The van der Waals surface area contributed by atoms with Gasteiger partial charge in [0, 0.05) is 29.9 Å². The first-order chi connectivity index (χ1) is 12.7. The van der Waals surface area contributed by atoms with Gasteiger partial charge in [0.1, 0.15) is 6.61 Å². The summed E-state index contributed by atoms with van der Waals surface area (Å²) in [6.45, 7) is 0.668. The minimum Gasteiger partial charge on any atom is -0.474 e. The Hall–Kier alpha value is -2.89. The number of pyridine rings is 1. The van der Waals surface area contributed by atoms with Gasteiger partial charge in [-0.3, -0.25) is 9.69 Å². The zero-order chi connectivity index (χ0) is 17.9. The van der Waals surface area contributed by atoms with Gasteiger partial charge in [0.2, 0.25) is 5.88 Å². The van der Waals surface area contributed by atoms with Gasteiger partial charge in [-0.05, 0) is 49.1 Å². The van der Waals surface area contributed by atoms with Crippen LogP contribution in [0.3, 0.4) is 0 Å². The van der Waals surface area contributed by atoms with Crippen molar-refractivity contribution < 1.29 is 19.1 Å². The van der Waals surface area contributed by atoms with E-state index in [2.05, 4.69) is 4.98 Å². The van der Waals surface area contributed by atoms with Gasteiger partial charge in [0.05, 0.1) is 6.54 Å². The number of fused-ring (bicyclic) bond motifs is 1. The minimum absolute atomic E-state index is 0.190. The Bertz CT molecular complexity index is 822. The van der Waals surface area contributed by atoms with E-state index in [1.54, 1.807) is 17.2 Å². The van der Waals surface area contributed by atoms with Gasteiger partial charge < -0.3 is 9.47 Å². The Kier molecular flexibility index (Phi) is 4.56. The first kappa shape index (κ1) is 16.6. The molecule has 0 spiro atoms. The molecule has 6 nitrogen and oxygen atoms in total. The van der Waals surface area contributed by atoms with Crippen molar-refractivity contribution in [3.8, 4) is 5.88 Å². The maximum absolute atomic E-state index is 12.3. The summed E-state index contributed by atoms with van der Waals surface area (Å²) < 4.78 is 11.0. The van der Waals surface area contributed by atoms with E-state index in [0.29, 0.717) is 18.8 Å². The molecule has 134 valence electrons. The third-order valence-electron chi connectivity index (χ3n) is 4.73. The Morgan fingerprint density at radius 1 is 1.15 bits per heavy atom. The van der Waals surface area contributed by atoms with E-state index in [1.165, 1.54) is 0 Å². The highest BCUT2D eigenvalue weighted by molar-refractivity contribution is 5.99. The number of aromatic nitrogens is 1. The van der Waals surface area contributed by atoms with Crippen LogP contribution in [0.25, 0.3) is 0 Å². The lowest BCUT2D eigenvalue weighted by molar-refractivity contribution is 0.0981. The second-order valence-electron chi connectivity index (χ2n) is 6.57. The van der Waals surface area contributed by atoms with Crippen LogP contribution in [-0.2, 0) is 11.2 Å². The van der Waals surface area contributed by atoms with Gasteiger partial charge in [-0.25, -0.2) is 9.78 Å². The molecule has 0 N–H and O–H groups in total. The van der Waals surface area contributed by atoms with Gasteiger partial charge in [0.15, 0.2) is 11.9 Å². The summed E-state index contributed by atoms with van der Waals surface area (Å²) in [4.78, 5) is 30.1. The molecular weight excluding hydrogens is 332 g/mol. The SMILES string of the molecule is O=C1CCCCc2cc(N3C[C@H](COc4ccccn4)OC3=O)ccc21. The summed E-state index contributed by atoms with van der Waals surface area (Å²) in [7, 11) is 0. The highest BCUT2D eigenvalue weighted by atomic mass is 16.6. The average Bonchev–Trinajstić information content (AvgIpc) is 2.94. The second-order valence-corrected chi connectivity index (χ2v) is 6.57. The van der Waals surface area contributed by atoms with Crippen molar-refractivity contribution in [3.05, 3.63) is 53.7 Å². The number of carbonyl (C=O) groups is 2. The predicted octanol–water partition coefficient (Wildman–Crippen LogP) is 3.39. The first-order valence-corrected chi connectivity index (χ1v) is 8.89. The third-order valence-corrected chi connectivity index (χ3v) is 4.73. The second kappa shape index (κ2) is 7.15. The molecule has 0 saturated carbocycles. The Labute approximate surface area is 151 Å². The number of rotatable bonds is 4. The quantitative estimate of drug-likeness (QED) is 0.789. The maximum atomic E-state index is 12.3. The molecule has 1 atom stereocenters. The van der Waals surface area contributed by atoms with Crippen molar-refractivity contribution >= 4 is 17.6 Å². The fourth-order valence-electron chi connectivity index (χ4n) is 3.39. The zero-order valence-corrected chi connectivity index (χ0v) is 14.4. The Balaban J connectivity index is 1.45. The van der Waals surface area contributed by atoms with Crippen molar-refractivity contribution in [3.63, 3.8) is 0 Å². The van der Waals surface area contributed by atoms with Crippen LogP contribution in [0.5, 0.6) is 5.88 Å². The summed E-state index contributed by atoms with van der Waals surface area (Å²) in [6.07, 6.45) is 4.28. The monoisotopic (exact) mass is 352 g/mol. The smallest absolute Gasteiger partial charge is 0.414 e. The molecule has 0 radical (unpaired) electrons. The molecular formula is C20H20N2O4. The number of ether oxygens (including phenoxy) is 2. The average molecular weight is 352 g/mol. The highest BCUT2D eigenvalue weighted by Gasteiger charge is 2.33. The normalized spacial score (nSPS) is 19.7. The molecule has 0 unspecified atom stereocenters. The van der Waals surface area contributed by atoms with E-state index in [-0.39, 0.29) is 24.6 Å². The number of benzene rings is 1. The number of nitrogens with zero attached hydrogens (tertiary/aromatic N) is 2. The Morgan fingerprint density at radius 3 is 2.88 bits per heavy atom. The number of ketones is 1. The lowest BCUT2D eigenvalue weighted by Gasteiger charge is -2.15. The van der Waals surface area contributed by atoms with Crippen LogP contribution in [0.1, 0.15) is 35.2 Å². The van der Waals surface area contributed by atoms with Crippen molar-refractivity contribution in [2.24, 2.45) is 0 Å². The number of aryl methyl sites for hydroxylation is 1. The van der Waals surface area contributed by atoms with E-state index in [0.717, 1.165) is 36.1 Å². The summed E-state index contributed by atoms with van der Waals surface area (Å²) in [5.41, 5.74) is 2.57. The van der Waals surface area contributed by atoms with Crippen LogP contribution < -0.4 is 9.64 Å². The fourth-order valence-corrected chi connectivity index (χ4v) is 3.39. The van der Waals surface area contributed by atoms with E-state index in [1.807, 2.05) is 30.3 Å². The van der Waals surface area contributed by atoms with Crippen LogP contribution in [0.4, 0.5) is 10.5 Å². The summed E-state index contributed by atoms with van der Waals surface area (Å²) in [6, 6.07) is 11.0. The number of amides is 1. The number of anilines is 1. The molecule has 1 saturated heterocycles. The van der Waals surface area contributed by atoms with Gasteiger partial charge in [0.25, 0.3) is 0 Å². The van der Waals surface area contributed by atoms with E-state index in [9.17, 15) is 9.59 Å². The molecule has 1 aliphatic carbocycles. The molecule has 1 fully saturated rings. The van der Waals surface area contributed by atoms with Crippen LogP contribution in [0, 0.1) is 0 Å². The van der Waals surface area contributed by atoms with Crippen LogP contribution in [-0.4, -0.2) is 36.1 Å². The summed E-state index contributed by atoms with van der Waals surface area (Å²) >= 11 is 0. The van der Waals surface area contributed by atoms with Gasteiger partial charge >= 0.3 is 6.09 Å². The van der Waals surface area contributed by atoms with Gasteiger partial charge in [-0.1, -0.05) is 6.07 Å². The van der Waals surface area contributed by atoms with Crippen LogP contribution in [0.15, 0.2) is 42.6 Å². The number of hydrogen-bond acceptors (Lipinski definition) is 5. The number of carbonyl (C=O) groups excluding carboxylic acids is 2. The molecule has 1 aliphatic heterocycles. The van der Waals surface area contributed by atoms with Gasteiger partial charge in [-0.2, -0.15) is 0 Å². The van der Waals surface area contributed by atoms with E-state index >= 15 is 0 Å². The van der Waals surface area contributed by atoms with Gasteiger partial charge in [-0.15, -0.1) is 0 Å². The van der Waals surface area contributed by atoms with Crippen molar-refractivity contribution in [1.82, 2.24) is 4.98 Å². The molecule has 1 amide bonds. The van der Waals surface area contributed by atoms with Crippen molar-refractivity contribution in [2.75, 3.05) is 18.1 Å². The van der Waals surface area contributed by atoms with Crippen LogP contribution >= 0.6 is 0 Å². The van der Waals surface area contributed by atoms with Crippen LogP contribution in [0.2, 0.25) is 0 Å². The number of cyclic esters (lactones) is 1. The van der Waals surface area contributed by atoms with E-state index < -0.39 is 0 Å². The molecule has 2 aliphatic rings. The minimum atomic E-state index is -0.389. The van der Waals surface area contributed by atoms with Crippen molar-refractivity contribution in [2.45, 2.75) is 31.8 Å². The van der Waals surface area contributed by atoms with Crippen molar-refractivity contribution in [1.29, 1.82) is 0 Å². The first-order valence-electron chi connectivity index (χ1n) is 8.89. The predicted molar refractivity (Wildman–Crippen MR) is 95.7 cm³/mol. The fraction of sp³-hybridized carbons (Fsp3) is 0.350. The Morgan fingerprint density at radius 2 is 2.04 bits per heavy atom. The molecule has 6 heteroatoms. The summed E-state index contributed by atoms with van der Waals surface area (Å²) in [5.74, 6) is 0.695. The van der Waals surface area contributed by atoms with E-state index in [4.69, 9.17) is 9.47 Å². The lowest BCUT2D eigenvalue weighted by atomic mass is 10.0. The largest absolute Gasteiger partial charge is 0.474 e. The highest BCUT2D eigenvalue weighted by Crippen LogP contribution is 2.28. The molecule has 26 heavy (non-hydrogen) atoms. The third kappa shape index (κ3) is 3.40. The summed E-state index contributed by atoms with van der Waals surface area (Å²) in [5, 5.41) is 0. The molecule has 1 aromatic heterocycles. The topological polar surface area (TPSA) is 68.7 Å². The molecule has 4 rings (SSSR count). The number of Topliss-reactive ketones (excluding diaryl/α,β-unsaturated/α-hetero) is 1.